The Bertz CT molecular complexity index is 224. The third-order valence-corrected chi connectivity index (χ3v) is 4.19. The van der Waals surface area contributed by atoms with Gasteiger partial charge in [0.2, 0.25) is 0 Å². The van der Waals surface area contributed by atoms with Gasteiger partial charge in [-0.05, 0) is 39.3 Å². The summed E-state index contributed by atoms with van der Waals surface area (Å²) in [7, 11) is 2.19. The van der Waals surface area contributed by atoms with Crippen molar-refractivity contribution >= 4 is 17.2 Å². The lowest BCUT2D eigenvalue weighted by molar-refractivity contribution is 0.199. The van der Waals surface area contributed by atoms with Crippen LogP contribution in [0.25, 0.3) is 0 Å². The zero-order valence-corrected chi connectivity index (χ0v) is 12.5. The van der Waals surface area contributed by atoms with E-state index in [0.717, 1.165) is 19.4 Å². The molecule has 0 aliphatic rings. The number of nitrogens with zero attached hydrogens (tertiary/aromatic N) is 1. The Kier molecular flexibility index (Phi) is 6.49. The second kappa shape index (κ2) is 6.55. The third kappa shape index (κ3) is 5.26. The molecule has 3 heteroatoms. The summed E-state index contributed by atoms with van der Waals surface area (Å²) >= 11 is 5.07. The number of thiocarbonyl (C=S) groups is 1. The van der Waals surface area contributed by atoms with E-state index < -0.39 is 0 Å². The molecule has 0 spiro atoms. The van der Waals surface area contributed by atoms with E-state index in [4.69, 9.17) is 18.0 Å². The Morgan fingerprint density at radius 2 is 1.81 bits per heavy atom. The van der Waals surface area contributed by atoms with Crippen LogP contribution in [0.1, 0.15) is 47.5 Å². The van der Waals surface area contributed by atoms with E-state index in [2.05, 4.69) is 46.6 Å². The average molecular weight is 244 g/mol. The van der Waals surface area contributed by atoms with Crippen molar-refractivity contribution in [2.75, 3.05) is 13.6 Å². The smallest absolute Gasteiger partial charge is 0.0784 e. The van der Waals surface area contributed by atoms with Crippen molar-refractivity contribution in [1.29, 1.82) is 0 Å². The van der Waals surface area contributed by atoms with E-state index in [-0.39, 0.29) is 5.41 Å². The Labute approximate surface area is 107 Å². The summed E-state index contributed by atoms with van der Waals surface area (Å²) in [5, 5.41) is 0. The highest BCUT2D eigenvalue weighted by molar-refractivity contribution is 7.80. The van der Waals surface area contributed by atoms with Gasteiger partial charge >= 0.3 is 0 Å². The lowest BCUT2D eigenvalue weighted by Crippen LogP contribution is -2.35. The normalized spacial score (nSPS) is 14.5. The molecule has 2 nitrogen and oxygen atoms in total. The predicted molar refractivity (Wildman–Crippen MR) is 76.7 cm³/mol. The van der Waals surface area contributed by atoms with Crippen LogP contribution in [0.15, 0.2) is 0 Å². The van der Waals surface area contributed by atoms with Crippen LogP contribution in [0.3, 0.4) is 0 Å². The molecule has 0 bridgehead atoms. The molecule has 2 N–H and O–H groups in total. The fraction of sp³-hybridized carbons (Fsp3) is 0.923. The van der Waals surface area contributed by atoms with Crippen LogP contribution < -0.4 is 5.73 Å². The van der Waals surface area contributed by atoms with Crippen LogP contribution in [0.2, 0.25) is 0 Å². The van der Waals surface area contributed by atoms with Crippen LogP contribution in [0, 0.1) is 11.3 Å². The first-order valence-electron chi connectivity index (χ1n) is 6.18. The van der Waals surface area contributed by atoms with Gasteiger partial charge < -0.3 is 10.6 Å². The topological polar surface area (TPSA) is 29.3 Å². The molecule has 0 amide bonds. The second-order valence-corrected chi connectivity index (χ2v) is 6.26. The highest BCUT2D eigenvalue weighted by Crippen LogP contribution is 2.23. The van der Waals surface area contributed by atoms with Gasteiger partial charge in [0.05, 0.1) is 4.99 Å². The zero-order valence-electron chi connectivity index (χ0n) is 11.7. The van der Waals surface area contributed by atoms with Gasteiger partial charge in [0.15, 0.2) is 0 Å². The van der Waals surface area contributed by atoms with Crippen molar-refractivity contribution < 1.29 is 0 Å². The maximum Gasteiger partial charge on any atom is 0.0784 e. The first kappa shape index (κ1) is 15.9. The van der Waals surface area contributed by atoms with E-state index in [1.54, 1.807) is 0 Å². The van der Waals surface area contributed by atoms with E-state index in [1.807, 2.05) is 0 Å². The van der Waals surface area contributed by atoms with Crippen molar-refractivity contribution in [3.05, 3.63) is 0 Å². The summed E-state index contributed by atoms with van der Waals surface area (Å²) in [4.78, 5) is 3.05. The summed E-state index contributed by atoms with van der Waals surface area (Å²) in [6, 6.07) is 0.632. The van der Waals surface area contributed by atoms with Gasteiger partial charge in [-0.15, -0.1) is 0 Å². The second-order valence-electron chi connectivity index (χ2n) is 5.82. The van der Waals surface area contributed by atoms with Gasteiger partial charge in [0.25, 0.3) is 0 Å². The quantitative estimate of drug-likeness (QED) is 0.698. The van der Waals surface area contributed by atoms with E-state index >= 15 is 0 Å². The lowest BCUT2D eigenvalue weighted by Gasteiger charge is -2.29. The minimum Gasteiger partial charge on any atom is -0.393 e. The third-order valence-electron chi connectivity index (χ3n) is 3.64. The monoisotopic (exact) mass is 244 g/mol. The molecule has 0 aromatic carbocycles. The molecule has 0 aromatic heterocycles. The van der Waals surface area contributed by atoms with Crippen LogP contribution in [0.4, 0.5) is 0 Å². The SMILES string of the molecule is CC(C)C(C)N(C)CCCC(C)(C)C(N)=S. The Balaban J connectivity index is 3.95. The highest BCUT2D eigenvalue weighted by Gasteiger charge is 2.21. The van der Waals surface area contributed by atoms with Crippen molar-refractivity contribution in [3.63, 3.8) is 0 Å². The number of nitrogens with two attached hydrogens (primary N) is 1. The maximum atomic E-state index is 5.71. The molecule has 16 heavy (non-hydrogen) atoms. The van der Waals surface area contributed by atoms with Gasteiger partial charge in [-0.25, -0.2) is 0 Å². The Morgan fingerprint density at radius 1 is 1.31 bits per heavy atom. The van der Waals surface area contributed by atoms with Crippen LogP contribution in [-0.4, -0.2) is 29.5 Å². The fourth-order valence-corrected chi connectivity index (χ4v) is 1.71. The Hall–Kier alpha value is -0.150. The molecule has 0 aliphatic carbocycles. The molecule has 0 aliphatic heterocycles. The zero-order chi connectivity index (χ0) is 12.9. The lowest BCUT2D eigenvalue weighted by atomic mass is 9.87. The molecule has 0 heterocycles. The van der Waals surface area contributed by atoms with Gasteiger partial charge in [0, 0.05) is 11.5 Å². The van der Waals surface area contributed by atoms with Crippen molar-refractivity contribution in [2.24, 2.45) is 17.1 Å². The standard InChI is InChI=1S/C13H28N2S/c1-10(2)11(3)15(6)9-7-8-13(4,5)12(14)16/h10-11H,7-9H2,1-6H3,(H2,14,16). The summed E-state index contributed by atoms with van der Waals surface area (Å²) in [6.45, 7) is 12.2. The number of hydrogen-bond acceptors (Lipinski definition) is 2. The molecule has 0 fully saturated rings. The minimum atomic E-state index is -0.00274. The highest BCUT2D eigenvalue weighted by atomic mass is 32.1. The van der Waals surface area contributed by atoms with E-state index in [1.165, 1.54) is 0 Å². The van der Waals surface area contributed by atoms with Gasteiger partial charge in [-0.1, -0.05) is 39.9 Å². The number of hydrogen-bond donors (Lipinski definition) is 1. The maximum absolute atomic E-state index is 5.71. The summed E-state index contributed by atoms with van der Waals surface area (Å²) < 4.78 is 0. The first-order chi connectivity index (χ1) is 7.18. The van der Waals surface area contributed by atoms with Crippen molar-refractivity contribution in [1.82, 2.24) is 4.90 Å². The summed E-state index contributed by atoms with van der Waals surface area (Å²) in [5.41, 5.74) is 5.71. The van der Waals surface area contributed by atoms with Crippen LogP contribution in [0.5, 0.6) is 0 Å². The summed E-state index contributed by atoms with van der Waals surface area (Å²) in [6.07, 6.45) is 2.22. The minimum absolute atomic E-state index is 0.00274. The fourth-order valence-electron chi connectivity index (χ4n) is 1.61. The predicted octanol–water partition coefficient (Wildman–Crippen LogP) is 3.06. The van der Waals surface area contributed by atoms with Gasteiger partial charge in [-0.2, -0.15) is 0 Å². The summed E-state index contributed by atoms with van der Waals surface area (Å²) in [5.74, 6) is 0.702. The largest absolute Gasteiger partial charge is 0.393 e. The molecule has 1 unspecified atom stereocenters. The first-order valence-corrected chi connectivity index (χ1v) is 6.59. The molecule has 0 radical (unpaired) electrons. The number of rotatable bonds is 7. The molecular formula is C13H28N2S. The van der Waals surface area contributed by atoms with E-state index in [0.29, 0.717) is 16.9 Å². The molecule has 0 rings (SSSR count). The molecule has 0 saturated carbocycles. The average Bonchev–Trinajstić information content (AvgIpc) is 2.15. The molecule has 0 saturated heterocycles. The Morgan fingerprint density at radius 3 is 2.19 bits per heavy atom. The molecule has 0 aromatic rings. The molecule has 1 atom stereocenters. The van der Waals surface area contributed by atoms with Crippen molar-refractivity contribution in [2.45, 2.75) is 53.5 Å². The van der Waals surface area contributed by atoms with Gasteiger partial charge in [0.1, 0.15) is 0 Å². The van der Waals surface area contributed by atoms with Crippen LogP contribution in [-0.2, 0) is 0 Å². The van der Waals surface area contributed by atoms with Crippen LogP contribution >= 0.6 is 12.2 Å². The molecule has 96 valence electrons. The van der Waals surface area contributed by atoms with Crippen molar-refractivity contribution in [3.8, 4) is 0 Å². The van der Waals surface area contributed by atoms with Gasteiger partial charge in [-0.3, -0.25) is 0 Å². The van der Waals surface area contributed by atoms with E-state index in [9.17, 15) is 0 Å². The molecular weight excluding hydrogens is 216 g/mol.